The highest BCUT2D eigenvalue weighted by molar-refractivity contribution is 5.94. The van der Waals surface area contributed by atoms with Gasteiger partial charge in [-0.1, -0.05) is 65.8 Å². The fourth-order valence-corrected chi connectivity index (χ4v) is 3.55. The molecule has 2 heterocycles. The van der Waals surface area contributed by atoms with Gasteiger partial charge in [-0.2, -0.15) is 0 Å². The van der Waals surface area contributed by atoms with E-state index in [1.807, 2.05) is 30.3 Å². The van der Waals surface area contributed by atoms with Gasteiger partial charge in [-0.15, -0.1) is 24.8 Å². The van der Waals surface area contributed by atoms with Crippen LogP contribution in [0.5, 0.6) is 0 Å². The van der Waals surface area contributed by atoms with Gasteiger partial charge in [0.05, 0.1) is 0 Å². The van der Waals surface area contributed by atoms with Crippen LogP contribution in [0.25, 0.3) is 11.3 Å². The highest BCUT2D eigenvalue weighted by Crippen LogP contribution is 2.19. The monoisotopic (exact) mass is 447 g/mol. The number of carbonyl (C=O) groups is 1. The number of benzene rings is 2. The van der Waals surface area contributed by atoms with Gasteiger partial charge in [0.1, 0.15) is 5.69 Å². The van der Waals surface area contributed by atoms with Gasteiger partial charge in [0, 0.05) is 57.3 Å². The fourth-order valence-electron chi connectivity index (χ4n) is 3.55. The zero-order chi connectivity index (χ0) is 19.2. The summed E-state index contributed by atoms with van der Waals surface area (Å²) in [7, 11) is 0. The summed E-state index contributed by atoms with van der Waals surface area (Å²) in [5.74, 6) is 0.364. The van der Waals surface area contributed by atoms with E-state index in [1.165, 1.54) is 5.56 Å². The van der Waals surface area contributed by atoms with Crippen LogP contribution < -0.4 is 0 Å². The Kier molecular flexibility index (Phi) is 9.53. The largest absolute Gasteiger partial charge is 0.352 e. The first-order valence-corrected chi connectivity index (χ1v) is 9.82. The molecular formula is C23H27Cl2N3O2. The van der Waals surface area contributed by atoms with Gasteiger partial charge in [0.2, 0.25) is 11.5 Å². The van der Waals surface area contributed by atoms with Crippen molar-refractivity contribution >= 4 is 30.6 Å². The van der Waals surface area contributed by atoms with Crippen molar-refractivity contribution in [1.82, 2.24) is 15.0 Å². The molecule has 0 amide bonds. The molecule has 0 N–H and O–H groups in total. The van der Waals surface area contributed by atoms with Crippen molar-refractivity contribution in [2.75, 3.05) is 32.7 Å². The summed E-state index contributed by atoms with van der Waals surface area (Å²) in [5.41, 5.74) is 3.02. The van der Waals surface area contributed by atoms with Crippen molar-refractivity contribution in [2.45, 2.75) is 13.0 Å². The van der Waals surface area contributed by atoms with E-state index in [9.17, 15) is 4.79 Å². The molecule has 2 aromatic carbocycles. The molecule has 1 fully saturated rings. The first kappa shape index (κ1) is 24.1. The summed E-state index contributed by atoms with van der Waals surface area (Å²) in [4.78, 5) is 17.3. The van der Waals surface area contributed by atoms with E-state index in [-0.39, 0.29) is 30.6 Å². The average Bonchev–Trinajstić information content (AvgIpc) is 3.25. The van der Waals surface area contributed by atoms with E-state index in [0.717, 1.165) is 44.8 Å². The van der Waals surface area contributed by atoms with Gasteiger partial charge in [0.25, 0.3) is 0 Å². The zero-order valence-corrected chi connectivity index (χ0v) is 18.4. The molecule has 5 nitrogen and oxygen atoms in total. The minimum absolute atomic E-state index is 0. The number of hydrogen-bond acceptors (Lipinski definition) is 5. The number of nitrogens with zero attached hydrogens (tertiary/aromatic N) is 3. The van der Waals surface area contributed by atoms with Crippen LogP contribution in [0.2, 0.25) is 0 Å². The Labute approximate surface area is 189 Å². The molecule has 1 aliphatic rings. The molecule has 3 aromatic rings. The van der Waals surface area contributed by atoms with E-state index >= 15 is 0 Å². The van der Waals surface area contributed by atoms with Gasteiger partial charge in [-0.05, 0) is 5.56 Å². The smallest absolute Gasteiger partial charge is 0.203 e. The molecule has 7 heteroatoms. The third kappa shape index (κ3) is 6.41. The zero-order valence-electron chi connectivity index (χ0n) is 16.8. The Balaban J connectivity index is 0.00000160. The molecule has 30 heavy (non-hydrogen) atoms. The number of Topliss-reactive ketones (excluding diaryl/α,β-unsaturated/α-hetero) is 1. The van der Waals surface area contributed by atoms with Crippen LogP contribution in [0.4, 0.5) is 0 Å². The summed E-state index contributed by atoms with van der Waals surface area (Å²) in [6.07, 6.45) is 0.460. The van der Waals surface area contributed by atoms with E-state index in [4.69, 9.17) is 4.52 Å². The van der Waals surface area contributed by atoms with Crippen LogP contribution in [0.3, 0.4) is 0 Å². The Bertz CT molecular complexity index is 895. The third-order valence-corrected chi connectivity index (χ3v) is 5.22. The lowest BCUT2D eigenvalue weighted by molar-refractivity contribution is 0.0890. The molecule has 0 aliphatic carbocycles. The van der Waals surface area contributed by atoms with E-state index in [0.29, 0.717) is 17.9 Å². The Morgan fingerprint density at radius 3 is 2.13 bits per heavy atom. The number of halogens is 2. The quantitative estimate of drug-likeness (QED) is 0.496. The molecule has 160 valence electrons. The predicted octanol–water partition coefficient (Wildman–Crippen LogP) is 4.58. The highest BCUT2D eigenvalue weighted by atomic mass is 35.5. The second kappa shape index (κ2) is 11.9. The molecule has 0 radical (unpaired) electrons. The molecule has 0 bridgehead atoms. The number of rotatable bonds is 7. The maximum atomic E-state index is 12.5. The summed E-state index contributed by atoms with van der Waals surface area (Å²) in [5, 5.41) is 4.04. The van der Waals surface area contributed by atoms with Crippen molar-refractivity contribution in [2.24, 2.45) is 0 Å². The van der Waals surface area contributed by atoms with Gasteiger partial charge >= 0.3 is 0 Å². The number of aromatic nitrogens is 1. The summed E-state index contributed by atoms with van der Waals surface area (Å²) >= 11 is 0. The van der Waals surface area contributed by atoms with E-state index in [1.54, 1.807) is 6.07 Å². The second-order valence-electron chi connectivity index (χ2n) is 7.22. The lowest BCUT2D eigenvalue weighted by Gasteiger charge is -2.34. The lowest BCUT2D eigenvalue weighted by Crippen LogP contribution is -2.46. The molecule has 1 saturated heterocycles. The summed E-state index contributed by atoms with van der Waals surface area (Å²) in [6, 6.07) is 22.1. The topological polar surface area (TPSA) is 49.6 Å². The first-order chi connectivity index (χ1) is 13.8. The van der Waals surface area contributed by atoms with Crippen LogP contribution >= 0.6 is 24.8 Å². The van der Waals surface area contributed by atoms with Gasteiger partial charge in [-0.3, -0.25) is 9.69 Å². The van der Waals surface area contributed by atoms with Gasteiger partial charge in [0.15, 0.2) is 0 Å². The lowest BCUT2D eigenvalue weighted by atomic mass is 10.1. The standard InChI is InChI=1S/C23H25N3O2.2ClH/c27-22(23-17-21(24-28-23)20-9-5-2-6-10-20)11-12-25-13-15-26(16-14-25)18-19-7-3-1-4-8-19;;/h1-10,17H,11-16,18H2;2*1H. The predicted molar refractivity (Wildman–Crippen MR) is 124 cm³/mol. The van der Waals surface area contributed by atoms with Crippen LogP contribution in [0.1, 0.15) is 22.5 Å². The molecule has 0 spiro atoms. The van der Waals surface area contributed by atoms with Crippen molar-refractivity contribution in [3.8, 4) is 11.3 Å². The van der Waals surface area contributed by atoms with Gasteiger partial charge in [-0.25, -0.2) is 0 Å². The number of hydrogen-bond donors (Lipinski definition) is 0. The second-order valence-corrected chi connectivity index (χ2v) is 7.22. The third-order valence-electron chi connectivity index (χ3n) is 5.22. The molecule has 0 atom stereocenters. The number of ketones is 1. The van der Waals surface area contributed by atoms with Crippen molar-refractivity contribution in [1.29, 1.82) is 0 Å². The van der Waals surface area contributed by atoms with Crippen LogP contribution in [-0.2, 0) is 6.54 Å². The SMILES string of the molecule is Cl.Cl.O=C(CCN1CCN(Cc2ccccc2)CC1)c1cc(-c2ccccc2)no1. The Morgan fingerprint density at radius 2 is 1.47 bits per heavy atom. The Hall–Kier alpha value is -2.18. The first-order valence-electron chi connectivity index (χ1n) is 9.82. The molecule has 0 saturated carbocycles. The summed E-state index contributed by atoms with van der Waals surface area (Å²) in [6.45, 7) is 5.80. The minimum atomic E-state index is 0. The van der Waals surface area contributed by atoms with Crippen LogP contribution in [-0.4, -0.2) is 53.5 Å². The highest BCUT2D eigenvalue weighted by Gasteiger charge is 2.19. The fraction of sp³-hybridized carbons (Fsp3) is 0.304. The molecule has 4 rings (SSSR count). The van der Waals surface area contributed by atoms with E-state index < -0.39 is 0 Å². The van der Waals surface area contributed by atoms with Crippen molar-refractivity contribution < 1.29 is 9.32 Å². The Morgan fingerprint density at radius 1 is 0.867 bits per heavy atom. The van der Waals surface area contributed by atoms with Crippen LogP contribution in [0.15, 0.2) is 71.3 Å². The molecule has 0 unspecified atom stereocenters. The number of piperazine rings is 1. The van der Waals surface area contributed by atoms with Crippen molar-refractivity contribution in [3.63, 3.8) is 0 Å². The molecule has 1 aliphatic heterocycles. The summed E-state index contributed by atoms with van der Waals surface area (Å²) < 4.78 is 5.28. The maximum Gasteiger partial charge on any atom is 0.203 e. The maximum absolute atomic E-state index is 12.5. The minimum Gasteiger partial charge on any atom is -0.352 e. The number of carbonyl (C=O) groups excluding carboxylic acids is 1. The van der Waals surface area contributed by atoms with Gasteiger partial charge < -0.3 is 9.42 Å². The van der Waals surface area contributed by atoms with Crippen molar-refractivity contribution in [3.05, 3.63) is 78.1 Å². The van der Waals surface area contributed by atoms with Crippen LogP contribution in [0, 0.1) is 0 Å². The molecule has 1 aromatic heterocycles. The van der Waals surface area contributed by atoms with E-state index in [2.05, 4.69) is 45.3 Å². The normalized spacial score (nSPS) is 14.5. The average molecular weight is 448 g/mol. The molecular weight excluding hydrogens is 421 g/mol.